The van der Waals surface area contributed by atoms with Gasteiger partial charge in [0, 0.05) is 51.6 Å². The van der Waals surface area contributed by atoms with Gasteiger partial charge in [0.2, 0.25) is 5.95 Å². The normalized spacial score (nSPS) is 23.0. The summed E-state index contributed by atoms with van der Waals surface area (Å²) in [5.41, 5.74) is 1.28. The highest BCUT2D eigenvalue weighted by Gasteiger charge is 2.32. The zero-order valence-electron chi connectivity index (χ0n) is 15.8. The molecule has 0 radical (unpaired) electrons. The lowest BCUT2D eigenvalue weighted by molar-refractivity contribution is -0.142. The lowest BCUT2D eigenvalue weighted by atomic mass is 9.93. The van der Waals surface area contributed by atoms with E-state index >= 15 is 0 Å². The first-order valence-corrected chi connectivity index (χ1v) is 9.50. The number of hydrogen-bond acceptors (Lipinski definition) is 6. The number of amides is 1. The molecular weight excluding hydrogens is 346 g/mol. The maximum atomic E-state index is 12.7. The van der Waals surface area contributed by atoms with Crippen molar-refractivity contribution in [2.24, 2.45) is 0 Å². The molecule has 2 fully saturated rings. The van der Waals surface area contributed by atoms with Gasteiger partial charge in [-0.3, -0.25) is 9.59 Å². The second-order valence-electron chi connectivity index (χ2n) is 7.54. The van der Waals surface area contributed by atoms with Gasteiger partial charge < -0.3 is 19.5 Å². The molecule has 0 saturated carbocycles. The van der Waals surface area contributed by atoms with Gasteiger partial charge in [-0.2, -0.15) is 0 Å². The standard InChI is InChI=1S/C19H25N5O3/c1-23(2)19-20-10-13-15(22-19)9-14(21-17(13)25)12-5-3-7-24(11-12)18(26)16-6-4-8-27-16/h9-10,12,16H,3-8,11H2,1-2H3,(H,21,25). The Hall–Kier alpha value is -2.48. The van der Waals surface area contributed by atoms with Crippen LogP contribution in [0.1, 0.15) is 37.3 Å². The lowest BCUT2D eigenvalue weighted by Crippen LogP contribution is -2.44. The van der Waals surface area contributed by atoms with Crippen LogP contribution in [-0.4, -0.2) is 65.7 Å². The van der Waals surface area contributed by atoms with Crippen LogP contribution in [0.25, 0.3) is 10.9 Å². The average Bonchev–Trinajstić information content (AvgIpc) is 3.21. The molecule has 2 aromatic heterocycles. The Morgan fingerprint density at radius 3 is 2.93 bits per heavy atom. The van der Waals surface area contributed by atoms with E-state index < -0.39 is 0 Å². The third kappa shape index (κ3) is 3.53. The number of rotatable bonds is 3. The van der Waals surface area contributed by atoms with Crippen LogP contribution in [0.2, 0.25) is 0 Å². The van der Waals surface area contributed by atoms with E-state index in [-0.39, 0.29) is 23.5 Å². The predicted molar refractivity (Wildman–Crippen MR) is 102 cm³/mol. The molecule has 8 nitrogen and oxygen atoms in total. The lowest BCUT2D eigenvalue weighted by Gasteiger charge is -2.34. The van der Waals surface area contributed by atoms with Crippen LogP contribution >= 0.6 is 0 Å². The van der Waals surface area contributed by atoms with Crippen LogP contribution in [0.5, 0.6) is 0 Å². The number of aromatic nitrogens is 3. The van der Waals surface area contributed by atoms with E-state index in [1.54, 1.807) is 6.20 Å². The van der Waals surface area contributed by atoms with Crippen molar-refractivity contribution >= 4 is 22.8 Å². The van der Waals surface area contributed by atoms with E-state index in [4.69, 9.17) is 4.74 Å². The summed E-state index contributed by atoms with van der Waals surface area (Å²) in [6.07, 6.45) is 4.86. The maximum Gasteiger partial charge on any atom is 0.259 e. The fraction of sp³-hybridized carbons (Fsp3) is 0.579. The molecule has 1 N–H and O–H groups in total. The fourth-order valence-electron chi connectivity index (χ4n) is 3.89. The largest absolute Gasteiger partial charge is 0.368 e. The van der Waals surface area contributed by atoms with Crippen LogP contribution < -0.4 is 10.5 Å². The van der Waals surface area contributed by atoms with Gasteiger partial charge >= 0.3 is 0 Å². The molecule has 0 spiro atoms. The highest BCUT2D eigenvalue weighted by atomic mass is 16.5. The second-order valence-corrected chi connectivity index (χ2v) is 7.54. The fourth-order valence-corrected chi connectivity index (χ4v) is 3.89. The third-order valence-electron chi connectivity index (χ3n) is 5.38. The molecule has 2 saturated heterocycles. The molecule has 0 aromatic carbocycles. The number of ether oxygens (including phenoxy) is 1. The number of fused-ring (bicyclic) bond motifs is 1. The molecule has 2 aliphatic heterocycles. The van der Waals surface area contributed by atoms with Crippen LogP contribution in [0.3, 0.4) is 0 Å². The van der Waals surface area contributed by atoms with Crippen LogP contribution in [0.15, 0.2) is 17.1 Å². The number of piperidine rings is 1. The zero-order valence-corrected chi connectivity index (χ0v) is 15.8. The summed E-state index contributed by atoms with van der Waals surface area (Å²) in [4.78, 5) is 40.6. The van der Waals surface area contributed by atoms with Gasteiger partial charge in [0.05, 0.1) is 10.9 Å². The number of anilines is 1. The number of nitrogens with one attached hydrogen (secondary N) is 1. The summed E-state index contributed by atoms with van der Waals surface area (Å²) < 4.78 is 5.55. The van der Waals surface area contributed by atoms with Crippen LogP contribution in [0.4, 0.5) is 5.95 Å². The van der Waals surface area contributed by atoms with Crippen molar-refractivity contribution in [1.29, 1.82) is 0 Å². The van der Waals surface area contributed by atoms with E-state index in [0.29, 0.717) is 30.0 Å². The van der Waals surface area contributed by atoms with Crippen LogP contribution in [0, 0.1) is 0 Å². The number of carbonyl (C=O) groups excluding carboxylic acids is 1. The second kappa shape index (κ2) is 7.26. The molecule has 2 aromatic rings. The molecule has 2 atom stereocenters. The molecule has 0 aliphatic carbocycles. The van der Waals surface area contributed by atoms with Gasteiger partial charge in [0.15, 0.2) is 0 Å². The Balaban J connectivity index is 1.60. The Labute approximate surface area is 157 Å². The topological polar surface area (TPSA) is 91.4 Å². The summed E-state index contributed by atoms with van der Waals surface area (Å²) >= 11 is 0. The minimum Gasteiger partial charge on any atom is -0.368 e. The Morgan fingerprint density at radius 1 is 1.33 bits per heavy atom. The van der Waals surface area contributed by atoms with E-state index in [2.05, 4.69) is 15.0 Å². The van der Waals surface area contributed by atoms with Gasteiger partial charge in [0.1, 0.15) is 6.10 Å². The number of aromatic amines is 1. The quantitative estimate of drug-likeness (QED) is 0.874. The van der Waals surface area contributed by atoms with E-state index in [0.717, 1.165) is 37.9 Å². The number of pyridine rings is 1. The monoisotopic (exact) mass is 371 g/mol. The SMILES string of the molecule is CN(C)c1ncc2c(=O)[nH]c(C3CCCN(C(=O)C4CCCO4)C3)cc2n1. The molecular formula is C19H25N5O3. The van der Waals surface area contributed by atoms with Gasteiger partial charge in [-0.15, -0.1) is 0 Å². The van der Waals surface area contributed by atoms with Gasteiger partial charge in [-0.1, -0.05) is 0 Å². The Bertz CT molecular complexity index is 904. The molecule has 4 heterocycles. The van der Waals surface area contributed by atoms with Crippen molar-refractivity contribution in [3.63, 3.8) is 0 Å². The highest BCUT2D eigenvalue weighted by Crippen LogP contribution is 2.28. The summed E-state index contributed by atoms with van der Waals surface area (Å²) in [7, 11) is 3.73. The molecule has 27 heavy (non-hydrogen) atoms. The molecule has 2 unspecified atom stereocenters. The summed E-state index contributed by atoms with van der Waals surface area (Å²) in [5, 5.41) is 0.479. The van der Waals surface area contributed by atoms with Gasteiger partial charge in [-0.25, -0.2) is 9.97 Å². The zero-order chi connectivity index (χ0) is 19.0. The maximum absolute atomic E-state index is 12.7. The van der Waals surface area contributed by atoms with Crippen molar-refractivity contribution < 1.29 is 9.53 Å². The molecule has 0 bridgehead atoms. The summed E-state index contributed by atoms with van der Waals surface area (Å²) in [6, 6.07) is 1.93. The number of carbonyl (C=O) groups is 1. The minimum atomic E-state index is -0.296. The number of likely N-dealkylation sites (tertiary alicyclic amines) is 1. The van der Waals surface area contributed by atoms with Crippen LogP contribution in [-0.2, 0) is 9.53 Å². The van der Waals surface area contributed by atoms with E-state index in [1.807, 2.05) is 30.0 Å². The third-order valence-corrected chi connectivity index (χ3v) is 5.38. The number of nitrogens with zero attached hydrogens (tertiary/aromatic N) is 4. The van der Waals surface area contributed by atoms with E-state index in [9.17, 15) is 9.59 Å². The molecule has 8 heteroatoms. The summed E-state index contributed by atoms with van der Waals surface area (Å²) in [6.45, 7) is 2.02. The highest BCUT2D eigenvalue weighted by molar-refractivity contribution is 5.81. The molecule has 2 aliphatic rings. The first kappa shape index (κ1) is 17.9. The summed E-state index contributed by atoms with van der Waals surface area (Å²) in [5.74, 6) is 0.745. The Kier molecular flexibility index (Phi) is 4.82. The van der Waals surface area contributed by atoms with Gasteiger partial charge in [0.25, 0.3) is 11.5 Å². The number of hydrogen-bond donors (Lipinski definition) is 1. The van der Waals surface area contributed by atoms with Crippen molar-refractivity contribution in [2.75, 3.05) is 38.7 Å². The first-order chi connectivity index (χ1) is 13.0. The van der Waals surface area contributed by atoms with Crippen molar-refractivity contribution in [3.8, 4) is 0 Å². The Morgan fingerprint density at radius 2 is 2.19 bits per heavy atom. The molecule has 1 amide bonds. The average molecular weight is 371 g/mol. The smallest absolute Gasteiger partial charge is 0.259 e. The van der Waals surface area contributed by atoms with E-state index in [1.165, 1.54) is 0 Å². The minimum absolute atomic E-state index is 0.0811. The van der Waals surface area contributed by atoms with Crippen molar-refractivity contribution in [3.05, 3.63) is 28.3 Å². The van der Waals surface area contributed by atoms with Gasteiger partial charge in [-0.05, 0) is 31.7 Å². The van der Waals surface area contributed by atoms with Crippen molar-refractivity contribution in [1.82, 2.24) is 19.9 Å². The van der Waals surface area contributed by atoms with Crippen molar-refractivity contribution in [2.45, 2.75) is 37.7 Å². The first-order valence-electron chi connectivity index (χ1n) is 9.50. The molecule has 4 rings (SSSR count). The predicted octanol–water partition coefficient (Wildman–Crippen LogP) is 1.27. The number of H-pyrrole nitrogens is 1. The molecule has 144 valence electrons.